The van der Waals surface area contributed by atoms with Crippen LogP contribution in [0.15, 0.2) is 24.3 Å². The molecule has 0 bridgehead atoms. The van der Waals surface area contributed by atoms with Crippen LogP contribution in [0.5, 0.6) is 0 Å². The fourth-order valence-corrected chi connectivity index (χ4v) is 2.12. The van der Waals surface area contributed by atoms with E-state index in [1.165, 1.54) is 4.90 Å². The van der Waals surface area contributed by atoms with Crippen molar-refractivity contribution in [3.63, 3.8) is 0 Å². The summed E-state index contributed by atoms with van der Waals surface area (Å²) in [6.45, 7) is 3.52. The van der Waals surface area contributed by atoms with Gasteiger partial charge in [-0.15, -0.1) is 0 Å². The Labute approximate surface area is 111 Å². The molecule has 1 aromatic carbocycles. The first-order valence-electron chi connectivity index (χ1n) is 6.16. The van der Waals surface area contributed by atoms with Gasteiger partial charge in [-0.1, -0.05) is 29.8 Å². The predicted molar refractivity (Wildman–Crippen MR) is 69.2 cm³/mol. The molecule has 1 saturated heterocycles. The van der Waals surface area contributed by atoms with Gasteiger partial charge in [0.05, 0.1) is 6.42 Å². The Morgan fingerprint density at radius 1 is 1.42 bits per heavy atom. The van der Waals surface area contributed by atoms with Crippen LogP contribution in [0.3, 0.4) is 0 Å². The number of rotatable bonds is 2. The fourth-order valence-electron chi connectivity index (χ4n) is 2.12. The smallest absolute Gasteiger partial charge is 0.249 e. The molecule has 0 saturated carbocycles. The molecule has 1 atom stereocenters. The molecule has 1 unspecified atom stereocenters. The first kappa shape index (κ1) is 13.3. The Hall–Kier alpha value is -2.17. The lowest BCUT2D eigenvalue weighted by Crippen LogP contribution is -2.58. The third kappa shape index (κ3) is 2.99. The number of hydrogen-bond donors (Lipinski definition) is 1. The highest BCUT2D eigenvalue weighted by atomic mass is 16.2. The maximum atomic E-state index is 12.2. The first-order valence-corrected chi connectivity index (χ1v) is 6.16. The van der Waals surface area contributed by atoms with Gasteiger partial charge < -0.3 is 4.90 Å². The van der Waals surface area contributed by atoms with Crippen molar-refractivity contribution in [2.45, 2.75) is 26.3 Å². The average Bonchev–Trinajstić information content (AvgIpc) is 2.33. The van der Waals surface area contributed by atoms with Crippen molar-refractivity contribution in [3.8, 4) is 0 Å². The number of hydrogen-bond acceptors (Lipinski definition) is 3. The summed E-state index contributed by atoms with van der Waals surface area (Å²) in [5.41, 5.74) is 1.96. The van der Waals surface area contributed by atoms with Crippen LogP contribution in [0.25, 0.3) is 0 Å². The van der Waals surface area contributed by atoms with E-state index in [0.717, 1.165) is 11.1 Å². The van der Waals surface area contributed by atoms with Gasteiger partial charge in [0.2, 0.25) is 17.7 Å². The van der Waals surface area contributed by atoms with E-state index >= 15 is 0 Å². The topological polar surface area (TPSA) is 66.5 Å². The standard InChI is InChI=1S/C14H16N2O3/c1-9-4-3-5-11(6-9)7-13(18)16-8-12(17)15-14(19)10(16)2/h3-6,10H,7-8H2,1-2H3,(H,15,17,19). The van der Waals surface area contributed by atoms with E-state index in [-0.39, 0.29) is 18.9 Å². The van der Waals surface area contributed by atoms with Crippen molar-refractivity contribution in [1.29, 1.82) is 0 Å². The average molecular weight is 260 g/mol. The molecule has 3 amide bonds. The molecule has 0 radical (unpaired) electrons. The van der Waals surface area contributed by atoms with Crippen LogP contribution in [-0.4, -0.2) is 35.2 Å². The van der Waals surface area contributed by atoms with E-state index in [0.29, 0.717) is 0 Å². The van der Waals surface area contributed by atoms with Crippen molar-refractivity contribution < 1.29 is 14.4 Å². The molecule has 1 aromatic rings. The van der Waals surface area contributed by atoms with Crippen molar-refractivity contribution in [1.82, 2.24) is 10.2 Å². The molecule has 5 nitrogen and oxygen atoms in total. The maximum absolute atomic E-state index is 12.2. The third-order valence-electron chi connectivity index (χ3n) is 3.18. The summed E-state index contributed by atoms with van der Waals surface area (Å²) in [6.07, 6.45) is 0.201. The number of benzene rings is 1. The summed E-state index contributed by atoms with van der Waals surface area (Å²) in [5, 5.41) is 2.22. The number of carbonyl (C=O) groups excluding carboxylic acids is 3. The summed E-state index contributed by atoms with van der Waals surface area (Å²) in [4.78, 5) is 36.3. The van der Waals surface area contributed by atoms with Gasteiger partial charge in [0.15, 0.2) is 0 Å². The van der Waals surface area contributed by atoms with Gasteiger partial charge in [-0.25, -0.2) is 0 Å². The molecule has 2 rings (SSSR count). The normalized spacial score (nSPS) is 19.3. The van der Waals surface area contributed by atoms with Gasteiger partial charge in [-0.05, 0) is 19.4 Å². The van der Waals surface area contributed by atoms with Gasteiger partial charge in [0.25, 0.3) is 0 Å². The maximum Gasteiger partial charge on any atom is 0.249 e. The second kappa shape index (κ2) is 5.22. The van der Waals surface area contributed by atoms with Crippen LogP contribution in [0.4, 0.5) is 0 Å². The van der Waals surface area contributed by atoms with Gasteiger partial charge >= 0.3 is 0 Å². The van der Waals surface area contributed by atoms with Gasteiger partial charge in [-0.2, -0.15) is 0 Å². The lowest BCUT2D eigenvalue weighted by Gasteiger charge is -2.31. The van der Waals surface area contributed by atoms with E-state index in [1.807, 2.05) is 31.2 Å². The number of amides is 3. The zero-order valence-electron chi connectivity index (χ0n) is 11.0. The molecule has 0 spiro atoms. The van der Waals surface area contributed by atoms with E-state index in [9.17, 15) is 14.4 Å². The van der Waals surface area contributed by atoms with Crippen molar-refractivity contribution in [3.05, 3.63) is 35.4 Å². The summed E-state index contributed by atoms with van der Waals surface area (Å²) in [6, 6.07) is 7.02. The fraction of sp³-hybridized carbons (Fsp3) is 0.357. The largest absolute Gasteiger partial charge is 0.321 e. The Morgan fingerprint density at radius 2 is 2.16 bits per heavy atom. The molecular formula is C14H16N2O3. The van der Waals surface area contributed by atoms with E-state index < -0.39 is 17.9 Å². The number of piperazine rings is 1. The minimum atomic E-state index is -0.602. The molecular weight excluding hydrogens is 244 g/mol. The SMILES string of the molecule is Cc1cccc(CC(=O)N2CC(=O)NC(=O)C2C)c1. The summed E-state index contributed by atoms with van der Waals surface area (Å²) in [5.74, 6) is -1.06. The van der Waals surface area contributed by atoms with Crippen LogP contribution in [-0.2, 0) is 20.8 Å². The highest BCUT2D eigenvalue weighted by Crippen LogP contribution is 2.10. The Balaban J connectivity index is 2.11. The molecule has 19 heavy (non-hydrogen) atoms. The Bertz CT molecular complexity index is 539. The van der Waals surface area contributed by atoms with E-state index in [2.05, 4.69) is 5.32 Å². The third-order valence-corrected chi connectivity index (χ3v) is 3.18. The molecule has 1 heterocycles. The number of imide groups is 1. The zero-order chi connectivity index (χ0) is 14.0. The second-order valence-corrected chi connectivity index (χ2v) is 4.78. The minimum absolute atomic E-state index is 0.0580. The number of carbonyl (C=O) groups is 3. The molecule has 0 aliphatic carbocycles. The van der Waals surface area contributed by atoms with Crippen molar-refractivity contribution in [2.75, 3.05) is 6.54 Å². The Kier molecular flexibility index (Phi) is 3.64. The summed E-state index contributed by atoms with van der Waals surface area (Å²) >= 11 is 0. The van der Waals surface area contributed by atoms with Crippen molar-refractivity contribution in [2.24, 2.45) is 0 Å². The molecule has 1 fully saturated rings. The highest BCUT2D eigenvalue weighted by molar-refractivity contribution is 6.04. The Morgan fingerprint density at radius 3 is 2.84 bits per heavy atom. The monoisotopic (exact) mass is 260 g/mol. The van der Waals surface area contributed by atoms with Gasteiger partial charge in [0, 0.05) is 0 Å². The summed E-state index contributed by atoms with van der Waals surface area (Å²) < 4.78 is 0. The van der Waals surface area contributed by atoms with E-state index in [4.69, 9.17) is 0 Å². The lowest BCUT2D eigenvalue weighted by atomic mass is 10.1. The molecule has 5 heteroatoms. The van der Waals surface area contributed by atoms with Crippen LogP contribution in [0, 0.1) is 6.92 Å². The zero-order valence-corrected chi connectivity index (χ0v) is 11.0. The van der Waals surface area contributed by atoms with Crippen LogP contribution in [0.2, 0.25) is 0 Å². The van der Waals surface area contributed by atoms with Crippen LogP contribution >= 0.6 is 0 Å². The highest BCUT2D eigenvalue weighted by Gasteiger charge is 2.33. The molecule has 0 aromatic heterocycles. The van der Waals surface area contributed by atoms with Crippen LogP contribution in [0.1, 0.15) is 18.1 Å². The van der Waals surface area contributed by atoms with Crippen molar-refractivity contribution >= 4 is 17.7 Å². The molecule has 100 valence electrons. The predicted octanol–water partition coefficient (Wildman–Crippen LogP) is 0.411. The number of aryl methyl sites for hydroxylation is 1. The van der Waals surface area contributed by atoms with Crippen LogP contribution < -0.4 is 5.32 Å². The second-order valence-electron chi connectivity index (χ2n) is 4.78. The minimum Gasteiger partial charge on any atom is -0.321 e. The van der Waals surface area contributed by atoms with Gasteiger partial charge in [-0.3, -0.25) is 19.7 Å². The number of nitrogens with zero attached hydrogens (tertiary/aromatic N) is 1. The molecule has 1 N–H and O–H groups in total. The molecule has 1 aliphatic rings. The quantitative estimate of drug-likeness (QED) is 0.783. The molecule has 1 aliphatic heterocycles. The first-order chi connectivity index (χ1) is 8.97. The number of nitrogens with one attached hydrogen (secondary N) is 1. The summed E-state index contributed by atoms with van der Waals surface area (Å²) in [7, 11) is 0. The van der Waals surface area contributed by atoms with E-state index in [1.54, 1.807) is 6.92 Å². The van der Waals surface area contributed by atoms with Gasteiger partial charge in [0.1, 0.15) is 12.6 Å². The lowest BCUT2D eigenvalue weighted by molar-refractivity contribution is -0.149.